The van der Waals surface area contributed by atoms with Crippen molar-refractivity contribution in [3.8, 4) is 0 Å². The number of rotatable bonds is 4. The molecule has 0 amide bonds. The van der Waals surface area contributed by atoms with Gasteiger partial charge in [-0.15, -0.1) is 0 Å². The largest absolute Gasteiger partial charge is 0.381 e. The lowest BCUT2D eigenvalue weighted by Gasteiger charge is -2.38. The molecule has 1 N–H and O–H groups in total. The maximum atomic E-state index is 6.11. The number of halogens is 1. The molecule has 0 bridgehead atoms. The molecule has 0 spiro atoms. The molecule has 0 unspecified atom stereocenters. The van der Waals surface area contributed by atoms with Crippen molar-refractivity contribution in [1.29, 1.82) is 0 Å². The van der Waals surface area contributed by atoms with Gasteiger partial charge in [0, 0.05) is 30.2 Å². The van der Waals surface area contributed by atoms with Gasteiger partial charge in [0.2, 0.25) is 0 Å². The monoisotopic (exact) mass is 253 g/mol. The van der Waals surface area contributed by atoms with E-state index in [0.717, 1.165) is 44.2 Å². The van der Waals surface area contributed by atoms with E-state index in [1.54, 1.807) is 0 Å². The zero-order valence-electron chi connectivity index (χ0n) is 10.3. The maximum Gasteiger partial charge on any atom is 0.0475 e. The van der Waals surface area contributed by atoms with Crippen molar-refractivity contribution in [2.45, 2.75) is 25.2 Å². The summed E-state index contributed by atoms with van der Waals surface area (Å²) in [5.74, 6) is 0. The second-order valence-electron chi connectivity index (χ2n) is 4.68. The molecule has 1 aromatic carbocycles. The van der Waals surface area contributed by atoms with Crippen molar-refractivity contribution in [2.24, 2.45) is 0 Å². The molecular weight excluding hydrogens is 234 g/mol. The van der Waals surface area contributed by atoms with Gasteiger partial charge in [-0.25, -0.2) is 0 Å². The average Bonchev–Trinajstić information content (AvgIpc) is 2.37. The molecule has 1 aliphatic heterocycles. The fraction of sp³-hybridized carbons (Fsp3) is 0.571. The Morgan fingerprint density at radius 1 is 1.35 bits per heavy atom. The molecule has 0 atom stereocenters. The van der Waals surface area contributed by atoms with Crippen molar-refractivity contribution in [3.63, 3.8) is 0 Å². The lowest BCUT2D eigenvalue weighted by atomic mass is 9.74. The first-order chi connectivity index (χ1) is 8.27. The van der Waals surface area contributed by atoms with E-state index in [0.29, 0.717) is 0 Å². The summed E-state index contributed by atoms with van der Waals surface area (Å²) in [5.41, 5.74) is 1.54. The third kappa shape index (κ3) is 3.01. The third-order valence-electron chi connectivity index (χ3n) is 3.60. The molecule has 17 heavy (non-hydrogen) atoms. The van der Waals surface area contributed by atoms with Gasteiger partial charge < -0.3 is 10.1 Å². The first-order valence-electron chi connectivity index (χ1n) is 6.31. The molecule has 0 aliphatic carbocycles. The van der Waals surface area contributed by atoms with Gasteiger partial charge in [0.1, 0.15) is 0 Å². The lowest BCUT2D eigenvalue weighted by molar-refractivity contribution is 0.0501. The van der Waals surface area contributed by atoms with Gasteiger partial charge in [-0.3, -0.25) is 0 Å². The molecule has 1 aromatic rings. The minimum absolute atomic E-state index is 0.194. The molecule has 2 nitrogen and oxygen atoms in total. The van der Waals surface area contributed by atoms with Crippen LogP contribution < -0.4 is 5.32 Å². The molecule has 3 heteroatoms. The smallest absolute Gasteiger partial charge is 0.0475 e. The molecule has 1 aliphatic rings. The molecule has 1 heterocycles. The number of benzene rings is 1. The Kier molecular flexibility index (Phi) is 4.43. The average molecular weight is 254 g/mol. The molecule has 0 saturated carbocycles. The number of nitrogens with one attached hydrogen (secondary N) is 1. The maximum absolute atomic E-state index is 6.11. The van der Waals surface area contributed by atoms with E-state index in [9.17, 15) is 0 Å². The van der Waals surface area contributed by atoms with Crippen LogP contribution in [-0.4, -0.2) is 26.3 Å². The summed E-state index contributed by atoms with van der Waals surface area (Å²) in [4.78, 5) is 0. The van der Waals surface area contributed by atoms with E-state index in [4.69, 9.17) is 16.3 Å². The highest BCUT2D eigenvalue weighted by Gasteiger charge is 2.33. The highest BCUT2D eigenvalue weighted by molar-refractivity contribution is 6.30. The molecule has 2 rings (SSSR count). The molecule has 0 aromatic heterocycles. The van der Waals surface area contributed by atoms with E-state index in [2.05, 4.69) is 24.4 Å². The van der Waals surface area contributed by atoms with Crippen LogP contribution in [0.4, 0.5) is 0 Å². The van der Waals surface area contributed by atoms with Crippen molar-refractivity contribution in [2.75, 3.05) is 26.3 Å². The predicted octanol–water partition coefficient (Wildman–Crippen LogP) is 3.00. The van der Waals surface area contributed by atoms with Gasteiger partial charge in [0.15, 0.2) is 0 Å². The Balaban J connectivity index is 2.25. The Hall–Kier alpha value is -0.570. The Morgan fingerprint density at radius 3 is 2.76 bits per heavy atom. The van der Waals surface area contributed by atoms with Crippen LogP contribution in [0, 0.1) is 0 Å². The molecular formula is C14H20ClNO. The Morgan fingerprint density at radius 2 is 2.12 bits per heavy atom. The molecule has 1 saturated heterocycles. The number of ether oxygens (including phenoxy) is 1. The molecule has 1 fully saturated rings. The summed E-state index contributed by atoms with van der Waals surface area (Å²) in [7, 11) is 0. The minimum atomic E-state index is 0.194. The second kappa shape index (κ2) is 5.85. The Labute approximate surface area is 108 Å². The standard InChI is InChI=1S/C14H20ClNO/c1-2-16-11-14(6-8-17-9-7-14)12-4-3-5-13(15)10-12/h3-5,10,16H,2,6-9,11H2,1H3. The van der Waals surface area contributed by atoms with E-state index in [1.807, 2.05) is 12.1 Å². The summed E-state index contributed by atoms with van der Waals surface area (Å²) in [5, 5.41) is 4.30. The summed E-state index contributed by atoms with van der Waals surface area (Å²) in [6.45, 7) is 5.84. The highest BCUT2D eigenvalue weighted by atomic mass is 35.5. The zero-order chi connectivity index (χ0) is 12.1. The van der Waals surface area contributed by atoms with Crippen molar-refractivity contribution >= 4 is 11.6 Å². The fourth-order valence-corrected chi connectivity index (χ4v) is 2.70. The first-order valence-corrected chi connectivity index (χ1v) is 6.69. The van der Waals surface area contributed by atoms with Gasteiger partial charge in [0.05, 0.1) is 0 Å². The SMILES string of the molecule is CCNCC1(c2cccc(Cl)c2)CCOCC1. The quantitative estimate of drug-likeness (QED) is 0.891. The van der Waals surface area contributed by atoms with Gasteiger partial charge in [-0.05, 0) is 37.1 Å². The first kappa shape index (κ1) is 12.9. The summed E-state index contributed by atoms with van der Waals surface area (Å²) >= 11 is 6.11. The van der Waals surface area contributed by atoms with E-state index >= 15 is 0 Å². The molecule has 0 radical (unpaired) electrons. The Bertz CT molecular complexity index is 361. The van der Waals surface area contributed by atoms with Gasteiger partial charge in [0.25, 0.3) is 0 Å². The topological polar surface area (TPSA) is 21.3 Å². The van der Waals surface area contributed by atoms with Crippen LogP contribution in [0.3, 0.4) is 0 Å². The van der Waals surface area contributed by atoms with E-state index < -0.39 is 0 Å². The zero-order valence-corrected chi connectivity index (χ0v) is 11.1. The lowest BCUT2D eigenvalue weighted by Crippen LogP contribution is -2.42. The van der Waals surface area contributed by atoms with Gasteiger partial charge >= 0.3 is 0 Å². The summed E-state index contributed by atoms with van der Waals surface area (Å²) in [6, 6.07) is 8.27. The predicted molar refractivity (Wildman–Crippen MR) is 71.7 cm³/mol. The summed E-state index contributed by atoms with van der Waals surface area (Å²) in [6.07, 6.45) is 2.14. The normalized spacial score (nSPS) is 19.2. The molecule has 94 valence electrons. The van der Waals surface area contributed by atoms with E-state index in [-0.39, 0.29) is 5.41 Å². The van der Waals surface area contributed by atoms with Crippen LogP contribution in [0.5, 0.6) is 0 Å². The minimum Gasteiger partial charge on any atom is -0.381 e. The number of likely N-dealkylation sites (N-methyl/N-ethyl adjacent to an activating group) is 1. The van der Waals surface area contributed by atoms with Crippen LogP contribution >= 0.6 is 11.6 Å². The summed E-state index contributed by atoms with van der Waals surface area (Å²) < 4.78 is 5.50. The van der Waals surface area contributed by atoms with Crippen LogP contribution in [-0.2, 0) is 10.2 Å². The number of hydrogen-bond acceptors (Lipinski definition) is 2. The van der Waals surface area contributed by atoms with E-state index in [1.165, 1.54) is 5.56 Å². The van der Waals surface area contributed by atoms with Crippen LogP contribution in [0.15, 0.2) is 24.3 Å². The van der Waals surface area contributed by atoms with Gasteiger partial charge in [-0.2, -0.15) is 0 Å². The van der Waals surface area contributed by atoms with Crippen LogP contribution in [0.1, 0.15) is 25.3 Å². The number of hydrogen-bond donors (Lipinski definition) is 1. The second-order valence-corrected chi connectivity index (χ2v) is 5.12. The van der Waals surface area contributed by atoms with Crippen molar-refractivity contribution < 1.29 is 4.74 Å². The third-order valence-corrected chi connectivity index (χ3v) is 3.84. The van der Waals surface area contributed by atoms with Gasteiger partial charge in [-0.1, -0.05) is 30.7 Å². The van der Waals surface area contributed by atoms with Crippen molar-refractivity contribution in [1.82, 2.24) is 5.32 Å². The van der Waals surface area contributed by atoms with Crippen molar-refractivity contribution in [3.05, 3.63) is 34.9 Å². The van der Waals surface area contributed by atoms with Crippen LogP contribution in [0.2, 0.25) is 5.02 Å². The highest BCUT2D eigenvalue weighted by Crippen LogP contribution is 2.35. The fourth-order valence-electron chi connectivity index (χ4n) is 2.51. The van der Waals surface area contributed by atoms with Crippen LogP contribution in [0.25, 0.3) is 0 Å².